The van der Waals surface area contributed by atoms with Crippen LogP contribution in [0.1, 0.15) is 11.1 Å². The summed E-state index contributed by atoms with van der Waals surface area (Å²) in [6.45, 7) is 6.12. The Kier molecular flexibility index (Phi) is 3.88. The number of hydrogen-bond donors (Lipinski definition) is 3. The van der Waals surface area contributed by atoms with Crippen molar-refractivity contribution in [2.45, 2.75) is 13.1 Å². The van der Waals surface area contributed by atoms with E-state index in [4.69, 9.17) is 16.2 Å². The van der Waals surface area contributed by atoms with E-state index in [-0.39, 0.29) is 5.95 Å². The highest BCUT2D eigenvalue weighted by atomic mass is 16.5. The van der Waals surface area contributed by atoms with Gasteiger partial charge in [0.15, 0.2) is 5.82 Å². The van der Waals surface area contributed by atoms with Crippen molar-refractivity contribution >= 4 is 22.8 Å². The lowest BCUT2D eigenvalue weighted by Gasteiger charge is -2.56. The molecular formula is C19H24N8O. The van der Waals surface area contributed by atoms with E-state index in [1.807, 2.05) is 0 Å². The molecule has 1 spiro atoms. The number of nitrogens with two attached hydrogens (primary N) is 2. The minimum atomic E-state index is 0.150. The molecule has 5 rings (SSSR count). The van der Waals surface area contributed by atoms with Crippen molar-refractivity contribution in [1.29, 1.82) is 0 Å². The monoisotopic (exact) mass is 380 g/mol. The van der Waals surface area contributed by atoms with E-state index in [1.165, 1.54) is 18.7 Å². The maximum atomic E-state index is 6.03. The number of hydrogen-bond acceptors (Lipinski definition) is 8. The van der Waals surface area contributed by atoms with Crippen LogP contribution in [0.4, 0.5) is 11.8 Å². The Morgan fingerprint density at radius 1 is 1.18 bits per heavy atom. The lowest BCUT2D eigenvalue weighted by atomic mass is 9.74. The molecule has 5 N–H and O–H groups in total. The number of aromatic nitrogens is 4. The number of rotatable bonds is 5. The number of anilines is 2. The van der Waals surface area contributed by atoms with Gasteiger partial charge in [-0.3, -0.25) is 9.58 Å². The Hall–Kier alpha value is -2.91. The molecule has 0 unspecified atom stereocenters. The molecule has 2 aromatic heterocycles. The highest BCUT2D eigenvalue weighted by Crippen LogP contribution is 2.35. The van der Waals surface area contributed by atoms with E-state index in [0.29, 0.717) is 28.8 Å². The summed E-state index contributed by atoms with van der Waals surface area (Å²) in [6.07, 6.45) is 1.65. The minimum absolute atomic E-state index is 0.150. The molecule has 0 aliphatic carbocycles. The van der Waals surface area contributed by atoms with Crippen molar-refractivity contribution in [3.63, 3.8) is 0 Å². The number of methoxy groups -OCH3 is 1. The molecule has 0 bridgehead atoms. The number of nitrogens with zero attached hydrogens (tertiary/aromatic N) is 5. The molecule has 0 atom stereocenters. The second kappa shape index (κ2) is 6.32. The molecule has 3 aromatic rings. The summed E-state index contributed by atoms with van der Waals surface area (Å²) < 4.78 is 7.43. The maximum absolute atomic E-state index is 6.03. The van der Waals surface area contributed by atoms with Crippen LogP contribution in [-0.2, 0) is 13.1 Å². The van der Waals surface area contributed by atoms with E-state index in [2.05, 4.69) is 43.5 Å². The van der Waals surface area contributed by atoms with Gasteiger partial charge in [0.2, 0.25) is 5.95 Å². The summed E-state index contributed by atoms with van der Waals surface area (Å²) in [7, 11) is 1.70. The SMILES string of the molecule is COc1cc(CN2CC3(CNC3)C2)ccc1Cn1ncc2nc(N)nc(N)c21. The van der Waals surface area contributed by atoms with Gasteiger partial charge < -0.3 is 21.5 Å². The molecule has 28 heavy (non-hydrogen) atoms. The summed E-state index contributed by atoms with van der Waals surface area (Å²) in [4.78, 5) is 10.7. The van der Waals surface area contributed by atoms with E-state index in [9.17, 15) is 0 Å². The average molecular weight is 380 g/mol. The number of benzene rings is 1. The van der Waals surface area contributed by atoms with Gasteiger partial charge in [0.25, 0.3) is 0 Å². The van der Waals surface area contributed by atoms with Gasteiger partial charge in [-0.15, -0.1) is 0 Å². The molecule has 2 fully saturated rings. The van der Waals surface area contributed by atoms with Gasteiger partial charge in [0.05, 0.1) is 19.9 Å². The maximum Gasteiger partial charge on any atom is 0.222 e. The quantitative estimate of drug-likeness (QED) is 0.584. The van der Waals surface area contributed by atoms with Crippen LogP contribution in [0.25, 0.3) is 11.0 Å². The lowest BCUT2D eigenvalue weighted by molar-refractivity contribution is -0.0444. The molecule has 146 valence electrons. The Labute approximate surface area is 162 Å². The van der Waals surface area contributed by atoms with Crippen LogP contribution in [0.3, 0.4) is 0 Å². The molecule has 2 saturated heterocycles. The fourth-order valence-corrected chi connectivity index (χ4v) is 4.32. The van der Waals surface area contributed by atoms with Gasteiger partial charge in [-0.25, -0.2) is 4.98 Å². The topological polar surface area (TPSA) is 120 Å². The summed E-state index contributed by atoms with van der Waals surface area (Å²) in [5, 5.41) is 7.78. The van der Waals surface area contributed by atoms with Crippen LogP contribution in [-0.4, -0.2) is 57.9 Å². The molecule has 0 saturated carbocycles. The number of likely N-dealkylation sites (tertiary alicyclic amines) is 1. The van der Waals surface area contributed by atoms with Gasteiger partial charge in [-0.2, -0.15) is 10.1 Å². The van der Waals surface area contributed by atoms with Crippen molar-refractivity contribution < 1.29 is 4.74 Å². The van der Waals surface area contributed by atoms with Crippen molar-refractivity contribution in [2.24, 2.45) is 5.41 Å². The zero-order chi connectivity index (χ0) is 19.3. The number of fused-ring (bicyclic) bond motifs is 1. The van der Waals surface area contributed by atoms with Crippen molar-refractivity contribution in [3.8, 4) is 5.75 Å². The first kappa shape index (κ1) is 17.2. The summed E-state index contributed by atoms with van der Waals surface area (Å²) in [6, 6.07) is 6.37. The smallest absolute Gasteiger partial charge is 0.222 e. The van der Waals surface area contributed by atoms with E-state index in [0.717, 1.165) is 30.9 Å². The minimum Gasteiger partial charge on any atom is -0.496 e. The predicted octanol–water partition coefficient (Wildman–Crippen LogP) is 0.453. The normalized spacial score (nSPS) is 18.2. The third-order valence-electron chi connectivity index (χ3n) is 5.73. The summed E-state index contributed by atoms with van der Waals surface area (Å²) in [5.74, 6) is 1.32. The summed E-state index contributed by atoms with van der Waals surface area (Å²) in [5.41, 5.74) is 15.8. The van der Waals surface area contributed by atoms with Crippen LogP contribution in [0.2, 0.25) is 0 Å². The first-order chi connectivity index (χ1) is 13.5. The number of ether oxygens (including phenoxy) is 1. The van der Waals surface area contributed by atoms with Crippen LogP contribution in [0, 0.1) is 5.41 Å². The van der Waals surface area contributed by atoms with Crippen molar-refractivity contribution in [3.05, 3.63) is 35.5 Å². The molecule has 2 aliphatic heterocycles. The Bertz CT molecular complexity index is 1030. The molecular weight excluding hydrogens is 356 g/mol. The fraction of sp³-hybridized carbons (Fsp3) is 0.421. The molecule has 9 heteroatoms. The van der Waals surface area contributed by atoms with E-state index in [1.54, 1.807) is 18.0 Å². The van der Waals surface area contributed by atoms with Gasteiger partial charge in [-0.1, -0.05) is 12.1 Å². The Balaban J connectivity index is 1.35. The molecule has 2 aliphatic rings. The third kappa shape index (κ3) is 2.83. The zero-order valence-electron chi connectivity index (χ0n) is 15.9. The second-order valence-electron chi connectivity index (χ2n) is 7.90. The lowest BCUT2D eigenvalue weighted by Crippen LogP contribution is -2.70. The number of nitrogen functional groups attached to an aromatic ring is 2. The van der Waals surface area contributed by atoms with Gasteiger partial charge in [0, 0.05) is 43.7 Å². The van der Waals surface area contributed by atoms with E-state index >= 15 is 0 Å². The van der Waals surface area contributed by atoms with Crippen LogP contribution in [0.5, 0.6) is 5.75 Å². The Morgan fingerprint density at radius 3 is 2.71 bits per heavy atom. The van der Waals surface area contributed by atoms with Crippen LogP contribution >= 0.6 is 0 Å². The highest BCUT2D eigenvalue weighted by Gasteiger charge is 2.47. The molecule has 4 heterocycles. The molecule has 0 radical (unpaired) electrons. The molecule has 9 nitrogen and oxygen atoms in total. The predicted molar refractivity (Wildman–Crippen MR) is 107 cm³/mol. The highest BCUT2D eigenvalue weighted by molar-refractivity contribution is 5.85. The fourth-order valence-electron chi connectivity index (χ4n) is 4.32. The van der Waals surface area contributed by atoms with Gasteiger partial charge in [-0.05, 0) is 11.6 Å². The van der Waals surface area contributed by atoms with Crippen molar-refractivity contribution in [2.75, 3.05) is 44.8 Å². The molecule has 0 amide bonds. The number of nitrogens with one attached hydrogen (secondary N) is 1. The van der Waals surface area contributed by atoms with Crippen LogP contribution in [0.15, 0.2) is 24.4 Å². The van der Waals surface area contributed by atoms with Crippen LogP contribution < -0.4 is 21.5 Å². The largest absolute Gasteiger partial charge is 0.496 e. The van der Waals surface area contributed by atoms with Crippen molar-refractivity contribution in [1.82, 2.24) is 30.0 Å². The third-order valence-corrected chi connectivity index (χ3v) is 5.73. The van der Waals surface area contributed by atoms with Gasteiger partial charge >= 0.3 is 0 Å². The zero-order valence-corrected chi connectivity index (χ0v) is 15.9. The first-order valence-corrected chi connectivity index (χ1v) is 9.39. The standard InChI is InChI=1S/C19H24N8O/c1-28-15-4-12(6-26-10-19(11-26)8-22-9-19)2-3-13(15)7-27-16-14(5-23-27)24-18(21)25-17(16)20/h2-5,22H,6-11H2,1H3,(H4,20,21,24,25). The molecule has 1 aromatic carbocycles. The summed E-state index contributed by atoms with van der Waals surface area (Å²) >= 11 is 0. The Morgan fingerprint density at radius 2 is 2.00 bits per heavy atom. The average Bonchev–Trinajstić information content (AvgIpc) is 3.00. The second-order valence-corrected chi connectivity index (χ2v) is 7.90. The van der Waals surface area contributed by atoms with Gasteiger partial charge in [0.1, 0.15) is 16.8 Å². The first-order valence-electron chi connectivity index (χ1n) is 9.39. The van der Waals surface area contributed by atoms with E-state index < -0.39 is 0 Å².